The summed E-state index contributed by atoms with van der Waals surface area (Å²) in [7, 11) is 0. The fourth-order valence-electron chi connectivity index (χ4n) is 3.07. The van der Waals surface area contributed by atoms with Crippen LogP contribution in [0.4, 0.5) is 10.3 Å². The zero-order chi connectivity index (χ0) is 22.2. The Morgan fingerprint density at radius 2 is 1.81 bits per heavy atom. The van der Waals surface area contributed by atoms with E-state index in [-0.39, 0.29) is 11.4 Å². The molecule has 1 heterocycles. The summed E-state index contributed by atoms with van der Waals surface area (Å²) in [4.78, 5) is 20.0. The van der Waals surface area contributed by atoms with Gasteiger partial charge in [0.15, 0.2) is 0 Å². The van der Waals surface area contributed by atoms with Crippen molar-refractivity contribution >= 4 is 11.9 Å². The number of hydrogen-bond acceptors (Lipinski definition) is 5. The summed E-state index contributed by atoms with van der Waals surface area (Å²) < 4.78 is 18.8. The number of anilines is 1. The topological polar surface area (TPSA) is 84.3 Å². The zero-order valence-electron chi connectivity index (χ0n) is 17.6. The number of aromatic nitrogens is 2. The van der Waals surface area contributed by atoms with Crippen molar-refractivity contribution in [2.24, 2.45) is 0 Å². The van der Waals surface area contributed by atoms with E-state index in [0.29, 0.717) is 43.6 Å². The second-order valence-electron chi connectivity index (χ2n) is 7.48. The lowest BCUT2D eigenvalue weighted by Gasteiger charge is -2.11. The van der Waals surface area contributed by atoms with Crippen LogP contribution in [0.2, 0.25) is 0 Å². The minimum atomic E-state index is -1.08. The van der Waals surface area contributed by atoms with Gasteiger partial charge in [0.2, 0.25) is 5.95 Å². The third-order valence-corrected chi connectivity index (χ3v) is 4.86. The highest BCUT2D eigenvalue weighted by Crippen LogP contribution is 2.18. The molecule has 7 heteroatoms. The molecule has 0 unspecified atom stereocenters. The van der Waals surface area contributed by atoms with E-state index in [4.69, 9.17) is 4.74 Å². The van der Waals surface area contributed by atoms with Crippen LogP contribution < -0.4 is 10.1 Å². The van der Waals surface area contributed by atoms with Crippen molar-refractivity contribution in [3.63, 3.8) is 0 Å². The molecule has 0 bridgehead atoms. The Bertz CT molecular complexity index is 1010. The molecule has 0 amide bonds. The first-order valence-corrected chi connectivity index (χ1v) is 10.2. The average molecular weight is 423 g/mol. The lowest BCUT2D eigenvalue weighted by Crippen LogP contribution is -2.15. The summed E-state index contributed by atoms with van der Waals surface area (Å²) >= 11 is 0. The molecule has 1 aromatic heterocycles. The molecule has 0 atom stereocenters. The largest absolute Gasteiger partial charge is 0.492 e. The first kappa shape index (κ1) is 22.2. The summed E-state index contributed by atoms with van der Waals surface area (Å²) in [6.07, 6.45) is 2.26. The maximum Gasteiger partial charge on any atom is 0.339 e. The minimum absolute atomic E-state index is 0.0640. The lowest BCUT2D eigenvalue weighted by atomic mass is 10.0. The van der Waals surface area contributed by atoms with Crippen LogP contribution >= 0.6 is 0 Å². The Labute approximate surface area is 181 Å². The van der Waals surface area contributed by atoms with Gasteiger partial charge in [-0.25, -0.2) is 19.2 Å². The first-order chi connectivity index (χ1) is 14.9. The quantitative estimate of drug-likeness (QED) is 0.459. The van der Waals surface area contributed by atoms with Gasteiger partial charge in [-0.15, -0.1) is 0 Å². The van der Waals surface area contributed by atoms with Crippen LogP contribution in [0.25, 0.3) is 0 Å². The van der Waals surface area contributed by atoms with Gasteiger partial charge in [0.05, 0.1) is 17.8 Å². The predicted molar refractivity (Wildman–Crippen MR) is 117 cm³/mol. The van der Waals surface area contributed by atoms with E-state index >= 15 is 0 Å². The number of ether oxygens (including phenoxy) is 1. The van der Waals surface area contributed by atoms with Crippen LogP contribution in [0.5, 0.6) is 5.75 Å². The van der Waals surface area contributed by atoms with Crippen molar-refractivity contribution in [1.82, 2.24) is 9.97 Å². The lowest BCUT2D eigenvalue weighted by molar-refractivity contribution is 0.0694. The zero-order valence-corrected chi connectivity index (χ0v) is 17.6. The van der Waals surface area contributed by atoms with Gasteiger partial charge in [0.1, 0.15) is 18.2 Å². The van der Waals surface area contributed by atoms with Crippen molar-refractivity contribution in [3.05, 3.63) is 82.9 Å². The van der Waals surface area contributed by atoms with Crippen LogP contribution in [0, 0.1) is 5.82 Å². The number of hydrogen-bond donors (Lipinski definition) is 2. The molecule has 2 aromatic carbocycles. The summed E-state index contributed by atoms with van der Waals surface area (Å²) in [5, 5.41) is 12.5. The molecule has 3 rings (SSSR count). The Morgan fingerprint density at radius 3 is 2.45 bits per heavy atom. The van der Waals surface area contributed by atoms with Gasteiger partial charge in [-0.2, -0.15) is 0 Å². The fraction of sp³-hybridized carbons (Fsp3) is 0.292. The second kappa shape index (κ2) is 10.5. The summed E-state index contributed by atoms with van der Waals surface area (Å²) in [5.74, 6) is 0.223. The van der Waals surface area contributed by atoms with Crippen LogP contribution in [0.15, 0.2) is 54.7 Å². The van der Waals surface area contributed by atoms with Gasteiger partial charge >= 0.3 is 5.97 Å². The third-order valence-electron chi connectivity index (χ3n) is 4.86. The molecule has 0 radical (unpaired) electrons. The predicted octanol–water partition coefficient (Wildman–Crippen LogP) is 4.71. The molecule has 0 aliphatic heterocycles. The highest BCUT2D eigenvalue weighted by molar-refractivity contribution is 5.88. The number of rotatable bonds is 10. The van der Waals surface area contributed by atoms with E-state index in [2.05, 4.69) is 41.3 Å². The Kier molecular flexibility index (Phi) is 7.54. The molecule has 0 fully saturated rings. The Balaban J connectivity index is 1.56. The number of aromatic carboxylic acids is 1. The van der Waals surface area contributed by atoms with Crippen molar-refractivity contribution in [3.8, 4) is 5.75 Å². The van der Waals surface area contributed by atoms with Crippen LogP contribution in [0.1, 0.15) is 46.9 Å². The summed E-state index contributed by atoms with van der Waals surface area (Å²) in [6, 6.07) is 14.1. The van der Waals surface area contributed by atoms with E-state index < -0.39 is 5.97 Å². The molecule has 2 N–H and O–H groups in total. The molecule has 0 saturated heterocycles. The highest BCUT2D eigenvalue weighted by atomic mass is 19.1. The number of nitrogens with one attached hydrogen (secondary N) is 1. The number of halogens is 1. The number of aryl methyl sites for hydroxylation is 2. The molecular weight excluding hydrogens is 397 g/mol. The number of benzene rings is 2. The van der Waals surface area contributed by atoms with Crippen molar-refractivity contribution < 1.29 is 19.0 Å². The number of carboxylic acid groups (broad SMARTS) is 1. The Hall–Kier alpha value is -3.48. The molecule has 162 valence electrons. The molecule has 3 aromatic rings. The molecule has 0 aliphatic rings. The smallest absolute Gasteiger partial charge is 0.339 e. The average Bonchev–Trinajstić information content (AvgIpc) is 2.76. The van der Waals surface area contributed by atoms with Crippen LogP contribution in [0.3, 0.4) is 0 Å². The number of carboxylic acids is 1. The standard InChI is InChI=1S/C24H26FN3O3/c1-16(2)18-6-10-20(11-7-18)31-14-13-26-24-27-15-21(23(29)30)22(28-24)12-5-17-3-8-19(25)9-4-17/h3-4,6-11,15-16H,5,12-14H2,1-2H3,(H,29,30)(H,26,27,28). The molecule has 6 nitrogen and oxygen atoms in total. The van der Waals surface area contributed by atoms with Crippen molar-refractivity contribution in [2.45, 2.75) is 32.6 Å². The van der Waals surface area contributed by atoms with Gasteiger partial charge < -0.3 is 15.2 Å². The van der Waals surface area contributed by atoms with E-state index in [1.54, 1.807) is 12.1 Å². The van der Waals surface area contributed by atoms with Crippen LogP contribution in [-0.4, -0.2) is 34.2 Å². The van der Waals surface area contributed by atoms with Gasteiger partial charge in [-0.1, -0.05) is 38.1 Å². The molecule has 0 saturated carbocycles. The molecule has 0 aliphatic carbocycles. The highest BCUT2D eigenvalue weighted by Gasteiger charge is 2.14. The molecular formula is C24H26FN3O3. The molecule has 31 heavy (non-hydrogen) atoms. The molecule has 0 spiro atoms. The van der Waals surface area contributed by atoms with E-state index in [9.17, 15) is 14.3 Å². The van der Waals surface area contributed by atoms with Gasteiger partial charge in [0.25, 0.3) is 0 Å². The maximum atomic E-state index is 13.1. The van der Waals surface area contributed by atoms with Crippen LogP contribution in [-0.2, 0) is 12.8 Å². The van der Waals surface area contributed by atoms with Gasteiger partial charge in [-0.05, 0) is 54.2 Å². The van der Waals surface area contributed by atoms with Crippen molar-refractivity contribution in [1.29, 1.82) is 0 Å². The number of carbonyl (C=O) groups is 1. The summed E-state index contributed by atoms with van der Waals surface area (Å²) in [5.41, 5.74) is 2.65. The fourth-order valence-corrected chi connectivity index (χ4v) is 3.07. The normalized spacial score (nSPS) is 10.8. The number of nitrogens with zero attached hydrogens (tertiary/aromatic N) is 2. The van der Waals surface area contributed by atoms with Crippen molar-refractivity contribution in [2.75, 3.05) is 18.5 Å². The monoisotopic (exact) mass is 423 g/mol. The third kappa shape index (κ3) is 6.50. The van der Waals surface area contributed by atoms with E-state index in [1.165, 1.54) is 23.9 Å². The SMILES string of the molecule is CC(C)c1ccc(OCCNc2ncc(C(=O)O)c(CCc3ccc(F)cc3)n2)cc1. The minimum Gasteiger partial charge on any atom is -0.492 e. The van der Waals surface area contributed by atoms with E-state index in [0.717, 1.165) is 11.3 Å². The van der Waals surface area contributed by atoms with Gasteiger partial charge in [-0.3, -0.25) is 0 Å². The summed E-state index contributed by atoms with van der Waals surface area (Å²) in [6.45, 7) is 5.17. The Morgan fingerprint density at radius 1 is 1.10 bits per heavy atom. The first-order valence-electron chi connectivity index (χ1n) is 10.2. The second-order valence-corrected chi connectivity index (χ2v) is 7.48. The van der Waals surface area contributed by atoms with E-state index in [1.807, 2.05) is 12.1 Å². The van der Waals surface area contributed by atoms with Gasteiger partial charge in [0, 0.05) is 6.20 Å². The maximum absolute atomic E-state index is 13.1.